The molecule has 8 nitrogen and oxygen atoms in total. The van der Waals surface area contributed by atoms with Crippen LogP contribution in [0.3, 0.4) is 0 Å². The molecule has 2 aliphatic rings. The Balaban J connectivity index is 1.41. The molecule has 0 aromatic heterocycles. The summed E-state index contributed by atoms with van der Waals surface area (Å²) in [5.74, 6) is 1.26. The highest BCUT2D eigenvalue weighted by molar-refractivity contribution is 8.27. The summed E-state index contributed by atoms with van der Waals surface area (Å²) in [5, 5.41) is 1.81. The van der Waals surface area contributed by atoms with E-state index in [1.54, 1.807) is 66.6 Å². The van der Waals surface area contributed by atoms with E-state index in [1.807, 2.05) is 6.92 Å². The van der Waals surface area contributed by atoms with Crippen molar-refractivity contribution in [2.75, 3.05) is 18.6 Å². The maximum absolute atomic E-state index is 12.4. The Morgan fingerprint density at radius 2 is 1.90 bits per heavy atom. The number of nitrogens with one attached hydrogen (secondary N) is 1. The van der Waals surface area contributed by atoms with Gasteiger partial charge >= 0.3 is 6.09 Å². The quantitative estimate of drug-likeness (QED) is 0.683. The Morgan fingerprint density at radius 3 is 2.58 bits per heavy atom. The topological polar surface area (TPSA) is 94.2 Å². The molecule has 2 amide bonds. The number of hydrogen-bond donors (Lipinski definition) is 1. The molecule has 31 heavy (non-hydrogen) atoms. The van der Waals surface area contributed by atoms with E-state index in [4.69, 9.17) is 14.2 Å². The van der Waals surface area contributed by atoms with Crippen LogP contribution in [0.4, 0.5) is 15.3 Å². The fourth-order valence-electron chi connectivity index (χ4n) is 3.33. The molecule has 4 rings (SSSR count). The minimum atomic E-state index is -0.455. The summed E-state index contributed by atoms with van der Waals surface area (Å²) in [5.41, 5.74) is 1.66. The lowest BCUT2D eigenvalue weighted by molar-refractivity contribution is -0.107. The first kappa shape index (κ1) is 20.8. The molecule has 0 spiro atoms. The van der Waals surface area contributed by atoms with Crippen molar-refractivity contribution in [2.45, 2.75) is 19.1 Å². The van der Waals surface area contributed by atoms with Crippen LogP contribution in [0.15, 0.2) is 54.2 Å². The summed E-state index contributed by atoms with van der Waals surface area (Å²) in [7, 11) is 1.58. The third-order valence-corrected chi connectivity index (χ3v) is 5.66. The summed E-state index contributed by atoms with van der Waals surface area (Å²) >= 11 is 0.631. The number of nitrogens with zero attached hydrogens (tertiary/aromatic N) is 1. The summed E-state index contributed by atoms with van der Waals surface area (Å²) in [4.78, 5) is 37.0. The summed E-state index contributed by atoms with van der Waals surface area (Å²) in [6.07, 6.45) is 0.706. The molecule has 0 bridgehead atoms. The van der Waals surface area contributed by atoms with E-state index in [0.29, 0.717) is 28.8 Å². The number of methoxy groups -OCH3 is 1. The number of amides is 2. The van der Waals surface area contributed by atoms with Gasteiger partial charge in [-0.3, -0.25) is 14.5 Å². The van der Waals surface area contributed by atoms with Gasteiger partial charge in [0.15, 0.2) is 6.10 Å². The van der Waals surface area contributed by atoms with Gasteiger partial charge in [-0.1, -0.05) is 12.1 Å². The van der Waals surface area contributed by atoms with E-state index in [0.717, 1.165) is 5.69 Å². The molecular formula is C22H20N2O6S. The van der Waals surface area contributed by atoms with Crippen molar-refractivity contribution in [3.63, 3.8) is 0 Å². The third-order valence-electron chi connectivity index (χ3n) is 4.97. The summed E-state index contributed by atoms with van der Waals surface area (Å²) in [6.45, 7) is 2.07. The van der Waals surface area contributed by atoms with Crippen molar-refractivity contribution in [3.8, 4) is 11.5 Å². The first-order valence-electron chi connectivity index (χ1n) is 9.56. The zero-order valence-corrected chi connectivity index (χ0v) is 17.7. The molecule has 0 radical (unpaired) electrons. The largest absolute Gasteiger partial charge is 0.497 e. The molecule has 0 saturated carbocycles. The number of carbonyl (C=O) groups is 3. The van der Waals surface area contributed by atoms with Gasteiger partial charge in [0.25, 0.3) is 5.24 Å². The fraction of sp³-hybridized carbons (Fsp3) is 0.227. The Kier molecular flexibility index (Phi) is 5.85. The van der Waals surface area contributed by atoms with Crippen LogP contribution in [-0.2, 0) is 9.53 Å². The first-order chi connectivity index (χ1) is 14.9. The number of anilines is 1. The number of rotatable bonds is 6. The second-order valence-electron chi connectivity index (χ2n) is 6.97. The van der Waals surface area contributed by atoms with Crippen LogP contribution < -0.4 is 19.7 Å². The first-order valence-corrected chi connectivity index (χ1v) is 10.4. The van der Waals surface area contributed by atoms with E-state index in [9.17, 15) is 14.4 Å². The van der Waals surface area contributed by atoms with Crippen LogP contribution in [-0.4, -0.2) is 42.3 Å². The second kappa shape index (κ2) is 8.73. The molecule has 2 saturated heterocycles. The molecule has 160 valence electrons. The molecule has 2 aromatic rings. The average molecular weight is 440 g/mol. The molecular weight excluding hydrogens is 420 g/mol. The molecule has 2 fully saturated rings. The Labute approximate surface area is 183 Å². The summed E-state index contributed by atoms with van der Waals surface area (Å²) in [6, 6.07) is 14.1. The zero-order chi connectivity index (χ0) is 22.0. The average Bonchev–Trinajstić information content (AvgIpc) is 3.23. The number of carbonyl (C=O) groups excluding carboxylic acids is 3. The van der Waals surface area contributed by atoms with Crippen molar-refractivity contribution < 1.29 is 28.6 Å². The van der Waals surface area contributed by atoms with Gasteiger partial charge in [0.1, 0.15) is 18.1 Å². The molecule has 0 aliphatic carbocycles. The predicted octanol–water partition coefficient (Wildman–Crippen LogP) is 3.81. The number of benzene rings is 2. The Bertz CT molecular complexity index is 1050. The second-order valence-corrected chi connectivity index (χ2v) is 7.92. The van der Waals surface area contributed by atoms with Crippen molar-refractivity contribution >= 4 is 40.0 Å². The van der Waals surface area contributed by atoms with E-state index in [-0.39, 0.29) is 28.7 Å². The highest BCUT2D eigenvalue weighted by Crippen LogP contribution is 2.29. The van der Waals surface area contributed by atoms with Crippen LogP contribution in [0.25, 0.3) is 6.08 Å². The molecule has 2 atom stereocenters. The minimum Gasteiger partial charge on any atom is -0.497 e. The monoisotopic (exact) mass is 440 g/mol. The van der Waals surface area contributed by atoms with Crippen molar-refractivity contribution in [1.82, 2.24) is 5.32 Å². The normalized spacial score (nSPS) is 21.9. The fourth-order valence-corrected chi connectivity index (χ4v) is 3.88. The predicted molar refractivity (Wildman–Crippen MR) is 116 cm³/mol. The number of ether oxygens (including phenoxy) is 3. The third kappa shape index (κ3) is 4.51. The van der Waals surface area contributed by atoms with E-state index in [2.05, 4.69) is 5.32 Å². The standard InChI is InChI=1S/C22H20N2O6S/c1-13-19(30-22(27)24(13)15-6-8-16(28-2)9-7-15)12-29-17-5-3-4-14(10-17)11-18-20(25)31-21(26)23-18/h3-11,13,19H,12H2,1-2H3,(H,23,26)/t13-,19+/m0/s1. The Morgan fingerprint density at radius 1 is 1.13 bits per heavy atom. The van der Waals surface area contributed by atoms with E-state index >= 15 is 0 Å². The lowest BCUT2D eigenvalue weighted by atomic mass is 10.1. The SMILES string of the molecule is COc1ccc(N2C(=O)O[C@H](COc3cccc(C=C4NC(=O)SC4=O)c3)[C@@H]2C)cc1. The molecule has 9 heteroatoms. The minimum absolute atomic E-state index is 0.172. The van der Waals surface area contributed by atoms with Gasteiger partial charge in [-0.2, -0.15) is 0 Å². The van der Waals surface area contributed by atoms with E-state index < -0.39 is 12.2 Å². The molecule has 1 N–H and O–H groups in total. The van der Waals surface area contributed by atoms with Gasteiger partial charge in [-0.05, 0) is 55.0 Å². The maximum Gasteiger partial charge on any atom is 0.415 e. The molecule has 0 unspecified atom stereocenters. The lowest BCUT2D eigenvalue weighted by Crippen LogP contribution is -2.36. The van der Waals surface area contributed by atoms with Gasteiger partial charge < -0.3 is 19.5 Å². The smallest absolute Gasteiger partial charge is 0.415 e. The number of thioether (sulfide) groups is 1. The van der Waals surface area contributed by atoms with Gasteiger partial charge in [-0.15, -0.1) is 0 Å². The summed E-state index contributed by atoms with van der Waals surface area (Å²) < 4.78 is 16.5. The lowest BCUT2D eigenvalue weighted by Gasteiger charge is -2.21. The van der Waals surface area contributed by atoms with Gasteiger partial charge in [-0.25, -0.2) is 4.79 Å². The number of hydrogen-bond acceptors (Lipinski definition) is 7. The van der Waals surface area contributed by atoms with Gasteiger partial charge in [0.05, 0.1) is 18.8 Å². The van der Waals surface area contributed by atoms with Gasteiger partial charge in [0.2, 0.25) is 5.12 Å². The van der Waals surface area contributed by atoms with Crippen LogP contribution in [0.2, 0.25) is 0 Å². The van der Waals surface area contributed by atoms with Crippen LogP contribution >= 0.6 is 11.8 Å². The van der Waals surface area contributed by atoms with Crippen LogP contribution in [0.5, 0.6) is 11.5 Å². The molecule has 2 heterocycles. The zero-order valence-electron chi connectivity index (χ0n) is 16.9. The Hall–Kier alpha value is -3.46. The van der Waals surface area contributed by atoms with E-state index in [1.165, 1.54) is 0 Å². The maximum atomic E-state index is 12.4. The van der Waals surface area contributed by atoms with Crippen molar-refractivity contribution in [1.29, 1.82) is 0 Å². The highest BCUT2D eigenvalue weighted by atomic mass is 32.2. The number of cyclic esters (lactones) is 1. The van der Waals surface area contributed by atoms with Crippen LogP contribution in [0, 0.1) is 0 Å². The van der Waals surface area contributed by atoms with Crippen molar-refractivity contribution in [3.05, 3.63) is 59.8 Å². The molecule has 2 aromatic carbocycles. The molecule has 2 aliphatic heterocycles. The highest BCUT2D eigenvalue weighted by Gasteiger charge is 2.40. The van der Waals surface area contributed by atoms with Crippen LogP contribution in [0.1, 0.15) is 12.5 Å². The van der Waals surface area contributed by atoms with Gasteiger partial charge in [0, 0.05) is 17.4 Å². The van der Waals surface area contributed by atoms with Crippen molar-refractivity contribution in [2.24, 2.45) is 0 Å².